The van der Waals surface area contributed by atoms with E-state index < -0.39 is 22.5 Å². The summed E-state index contributed by atoms with van der Waals surface area (Å²) >= 11 is 1.47. The van der Waals surface area contributed by atoms with E-state index in [0.717, 1.165) is 4.31 Å². The summed E-state index contributed by atoms with van der Waals surface area (Å²) in [7, 11) is -1.21. The van der Waals surface area contributed by atoms with E-state index >= 15 is 0 Å². The van der Waals surface area contributed by atoms with Crippen LogP contribution in [0.3, 0.4) is 0 Å². The van der Waals surface area contributed by atoms with E-state index in [2.05, 4.69) is 5.32 Å². The number of carbonyl (C=O) groups excluding carboxylic acids is 1. The average Bonchev–Trinajstić information content (AvgIpc) is 2.88. The van der Waals surface area contributed by atoms with E-state index in [-0.39, 0.29) is 22.1 Å². The zero-order valence-corrected chi connectivity index (χ0v) is 21.1. The zero-order valence-electron chi connectivity index (χ0n) is 19.4. The molecule has 0 aliphatic carbocycles. The minimum absolute atomic E-state index is 0.0399. The van der Waals surface area contributed by atoms with Gasteiger partial charge in [-0.05, 0) is 35.9 Å². The molecule has 0 heterocycles. The van der Waals surface area contributed by atoms with Crippen molar-refractivity contribution >= 4 is 33.4 Å². The molecule has 3 aromatic rings. The third kappa shape index (κ3) is 6.89. The highest BCUT2D eigenvalue weighted by Gasteiger charge is 2.29. The van der Waals surface area contributed by atoms with Crippen LogP contribution in [-0.4, -0.2) is 47.4 Å². The molecule has 0 aliphatic rings. The van der Waals surface area contributed by atoms with Crippen molar-refractivity contribution in [2.75, 3.05) is 37.4 Å². The van der Waals surface area contributed by atoms with Crippen molar-refractivity contribution in [2.24, 2.45) is 0 Å². The Morgan fingerprint density at radius 1 is 1.00 bits per heavy atom. The SMILES string of the molecule is COc1ccc(OC)c(N(CC(=O)NCCSCc2ccccc2F)S(=O)(=O)c2ccccc2)c1. The molecule has 0 spiro atoms. The quantitative estimate of drug-likeness (QED) is 0.364. The molecule has 0 aliphatic heterocycles. The van der Waals surface area contributed by atoms with Gasteiger partial charge in [-0.15, -0.1) is 0 Å². The van der Waals surface area contributed by atoms with Crippen molar-refractivity contribution in [1.82, 2.24) is 5.32 Å². The topological polar surface area (TPSA) is 84.9 Å². The maximum absolute atomic E-state index is 13.7. The van der Waals surface area contributed by atoms with Crippen LogP contribution in [0.4, 0.5) is 10.1 Å². The number of nitrogens with one attached hydrogen (secondary N) is 1. The number of carbonyl (C=O) groups is 1. The Morgan fingerprint density at radius 2 is 1.71 bits per heavy atom. The van der Waals surface area contributed by atoms with Crippen LogP contribution in [0.5, 0.6) is 11.5 Å². The highest BCUT2D eigenvalue weighted by Crippen LogP contribution is 2.35. The normalized spacial score (nSPS) is 11.1. The van der Waals surface area contributed by atoms with Gasteiger partial charge >= 0.3 is 0 Å². The lowest BCUT2D eigenvalue weighted by Gasteiger charge is -2.26. The third-order valence-electron chi connectivity index (χ3n) is 5.06. The number of amides is 1. The van der Waals surface area contributed by atoms with Gasteiger partial charge in [0, 0.05) is 24.1 Å². The number of benzene rings is 3. The van der Waals surface area contributed by atoms with Crippen molar-refractivity contribution in [3.8, 4) is 11.5 Å². The Bertz CT molecular complexity index is 1240. The summed E-state index contributed by atoms with van der Waals surface area (Å²) in [6.07, 6.45) is 0. The molecule has 1 N–H and O–H groups in total. The van der Waals surface area contributed by atoms with Crippen molar-refractivity contribution in [3.63, 3.8) is 0 Å². The molecule has 0 radical (unpaired) electrons. The summed E-state index contributed by atoms with van der Waals surface area (Å²) in [5.41, 5.74) is 0.772. The highest BCUT2D eigenvalue weighted by atomic mass is 32.2. The maximum atomic E-state index is 13.7. The number of nitrogens with zero attached hydrogens (tertiary/aromatic N) is 1. The highest BCUT2D eigenvalue weighted by molar-refractivity contribution is 7.98. The van der Waals surface area contributed by atoms with Crippen LogP contribution in [0.1, 0.15) is 5.56 Å². The van der Waals surface area contributed by atoms with Gasteiger partial charge in [-0.25, -0.2) is 12.8 Å². The molecule has 1 amide bonds. The Balaban J connectivity index is 1.74. The second kappa shape index (κ2) is 12.5. The van der Waals surface area contributed by atoms with E-state index in [1.54, 1.807) is 48.5 Å². The number of sulfonamides is 1. The average molecular weight is 519 g/mol. The van der Waals surface area contributed by atoms with Gasteiger partial charge in [-0.2, -0.15) is 11.8 Å². The van der Waals surface area contributed by atoms with Crippen LogP contribution >= 0.6 is 11.8 Å². The minimum atomic E-state index is -4.09. The molecule has 0 saturated heterocycles. The van der Waals surface area contributed by atoms with E-state index in [4.69, 9.17) is 9.47 Å². The standard InChI is InChI=1S/C25H27FN2O5S2/c1-32-20-12-13-24(33-2)23(16-20)28(35(30,31)21-9-4-3-5-10-21)17-25(29)27-14-15-34-18-19-8-6-7-11-22(19)26/h3-13,16H,14-15,17-18H2,1-2H3,(H,27,29). The van der Waals surface area contributed by atoms with E-state index in [9.17, 15) is 17.6 Å². The fraction of sp³-hybridized carbons (Fsp3) is 0.240. The second-order valence-corrected chi connectivity index (χ2v) is 10.3. The molecule has 3 aromatic carbocycles. The first-order chi connectivity index (χ1) is 16.9. The van der Waals surface area contributed by atoms with Crippen LogP contribution in [0.25, 0.3) is 0 Å². The minimum Gasteiger partial charge on any atom is -0.497 e. The van der Waals surface area contributed by atoms with Gasteiger partial charge in [0.05, 0.1) is 24.8 Å². The summed E-state index contributed by atoms with van der Waals surface area (Å²) in [5, 5.41) is 2.74. The van der Waals surface area contributed by atoms with Crippen LogP contribution in [0, 0.1) is 5.82 Å². The van der Waals surface area contributed by atoms with Gasteiger partial charge in [-0.1, -0.05) is 36.4 Å². The second-order valence-electron chi connectivity index (χ2n) is 7.36. The largest absolute Gasteiger partial charge is 0.497 e. The molecule has 0 atom stereocenters. The fourth-order valence-corrected chi connectivity index (χ4v) is 5.55. The zero-order chi connectivity index (χ0) is 25.3. The van der Waals surface area contributed by atoms with Crippen LogP contribution in [0.15, 0.2) is 77.7 Å². The Labute approximate surface area is 209 Å². The van der Waals surface area contributed by atoms with Gasteiger partial charge in [-0.3, -0.25) is 9.10 Å². The predicted octanol–water partition coefficient (Wildman–Crippen LogP) is 4.09. The molecule has 0 aromatic heterocycles. The molecule has 35 heavy (non-hydrogen) atoms. The van der Waals surface area contributed by atoms with Crippen molar-refractivity contribution in [2.45, 2.75) is 10.6 Å². The molecule has 0 fully saturated rings. The van der Waals surface area contributed by atoms with Crippen molar-refractivity contribution in [3.05, 3.63) is 84.2 Å². The summed E-state index contributed by atoms with van der Waals surface area (Å²) in [6, 6.07) is 19.1. The lowest BCUT2D eigenvalue weighted by Crippen LogP contribution is -2.41. The van der Waals surface area contributed by atoms with Crippen LogP contribution < -0.4 is 19.1 Å². The van der Waals surface area contributed by atoms with Gasteiger partial charge in [0.25, 0.3) is 10.0 Å². The maximum Gasteiger partial charge on any atom is 0.264 e. The Hall–Kier alpha value is -3.24. The summed E-state index contributed by atoms with van der Waals surface area (Å²) in [5.74, 6) is 0.947. The lowest BCUT2D eigenvalue weighted by atomic mass is 10.2. The summed E-state index contributed by atoms with van der Waals surface area (Å²) < 4.78 is 52.4. The molecule has 10 heteroatoms. The molecular weight excluding hydrogens is 491 g/mol. The molecule has 0 unspecified atom stereocenters. The summed E-state index contributed by atoms with van der Waals surface area (Å²) in [4.78, 5) is 12.8. The number of anilines is 1. The number of methoxy groups -OCH3 is 2. The van der Waals surface area contributed by atoms with E-state index in [0.29, 0.717) is 29.4 Å². The number of hydrogen-bond acceptors (Lipinski definition) is 6. The number of halogens is 1. The van der Waals surface area contributed by atoms with E-state index in [1.807, 2.05) is 0 Å². The third-order valence-corrected chi connectivity index (χ3v) is 7.84. The molecule has 0 bridgehead atoms. The molecule has 3 rings (SSSR count). The van der Waals surface area contributed by atoms with Gasteiger partial charge < -0.3 is 14.8 Å². The van der Waals surface area contributed by atoms with Crippen LogP contribution in [0.2, 0.25) is 0 Å². The molecule has 0 saturated carbocycles. The smallest absolute Gasteiger partial charge is 0.264 e. The summed E-state index contributed by atoms with van der Waals surface area (Å²) in [6.45, 7) is -0.162. The molecular formula is C25H27FN2O5S2. The monoisotopic (exact) mass is 518 g/mol. The van der Waals surface area contributed by atoms with Gasteiger partial charge in [0.1, 0.15) is 23.9 Å². The first-order valence-corrected chi connectivity index (χ1v) is 13.3. The number of ether oxygens (including phenoxy) is 2. The fourth-order valence-electron chi connectivity index (χ4n) is 3.26. The Morgan fingerprint density at radius 3 is 2.40 bits per heavy atom. The molecule has 186 valence electrons. The van der Waals surface area contributed by atoms with E-state index in [1.165, 1.54) is 50.2 Å². The van der Waals surface area contributed by atoms with Gasteiger partial charge in [0.15, 0.2) is 0 Å². The Kier molecular flexibility index (Phi) is 9.39. The number of hydrogen-bond donors (Lipinski definition) is 1. The first-order valence-electron chi connectivity index (χ1n) is 10.7. The number of thioether (sulfide) groups is 1. The first kappa shape index (κ1) is 26.4. The van der Waals surface area contributed by atoms with Gasteiger partial charge in [0.2, 0.25) is 5.91 Å². The molecule has 7 nitrogen and oxygen atoms in total. The van der Waals surface area contributed by atoms with Crippen molar-refractivity contribution in [1.29, 1.82) is 0 Å². The van der Waals surface area contributed by atoms with Crippen molar-refractivity contribution < 1.29 is 27.1 Å². The lowest BCUT2D eigenvalue weighted by molar-refractivity contribution is -0.119. The number of rotatable bonds is 12. The van der Waals surface area contributed by atoms with Crippen LogP contribution in [-0.2, 0) is 20.6 Å². The predicted molar refractivity (Wildman–Crippen MR) is 136 cm³/mol.